The van der Waals surface area contributed by atoms with E-state index in [1.807, 2.05) is 18.2 Å². The van der Waals surface area contributed by atoms with Crippen LogP contribution in [-0.4, -0.2) is 18.1 Å². The molecule has 1 fully saturated rings. The van der Waals surface area contributed by atoms with Gasteiger partial charge >= 0.3 is 0 Å². The van der Waals surface area contributed by atoms with Crippen LogP contribution < -0.4 is 10.6 Å². The Kier molecular flexibility index (Phi) is 2.85. The van der Waals surface area contributed by atoms with Crippen molar-refractivity contribution < 1.29 is 0 Å². The van der Waals surface area contributed by atoms with Crippen LogP contribution in [0.3, 0.4) is 0 Å². The van der Waals surface area contributed by atoms with Gasteiger partial charge in [0.05, 0.1) is 5.52 Å². The van der Waals surface area contributed by atoms with Crippen LogP contribution in [0.2, 0.25) is 0 Å². The van der Waals surface area contributed by atoms with Gasteiger partial charge in [-0.2, -0.15) is 0 Å². The molecule has 2 aromatic rings. The van der Waals surface area contributed by atoms with E-state index in [0.29, 0.717) is 0 Å². The minimum atomic E-state index is 0.740. The second-order valence-electron chi connectivity index (χ2n) is 5.92. The zero-order valence-corrected chi connectivity index (χ0v) is 11.9. The predicted molar refractivity (Wildman–Crippen MR) is 81.4 cm³/mol. The minimum absolute atomic E-state index is 0.740. The van der Waals surface area contributed by atoms with Crippen molar-refractivity contribution in [1.82, 2.24) is 4.98 Å². The van der Waals surface area contributed by atoms with Gasteiger partial charge in [0.1, 0.15) is 0 Å². The highest BCUT2D eigenvalue weighted by molar-refractivity contribution is 5.94. The number of aromatic nitrogens is 1. The van der Waals surface area contributed by atoms with Crippen LogP contribution in [0.25, 0.3) is 10.9 Å². The SMILES string of the molecule is Cc1cc(N2CC(C)C(C)C2)c2cc(N)ccc2n1. The molecule has 3 rings (SSSR count). The molecule has 0 amide bonds. The van der Waals surface area contributed by atoms with Gasteiger partial charge in [-0.05, 0) is 43.0 Å². The molecule has 0 radical (unpaired) electrons. The van der Waals surface area contributed by atoms with Crippen molar-refractivity contribution in [3.63, 3.8) is 0 Å². The summed E-state index contributed by atoms with van der Waals surface area (Å²) in [7, 11) is 0. The van der Waals surface area contributed by atoms with E-state index in [-0.39, 0.29) is 0 Å². The highest BCUT2D eigenvalue weighted by Crippen LogP contribution is 2.33. The average Bonchev–Trinajstić information content (AvgIpc) is 2.69. The Hall–Kier alpha value is -1.77. The summed E-state index contributed by atoms with van der Waals surface area (Å²) in [4.78, 5) is 7.08. The third-order valence-corrected chi connectivity index (χ3v) is 4.27. The van der Waals surface area contributed by atoms with Crippen molar-refractivity contribution in [2.75, 3.05) is 23.7 Å². The van der Waals surface area contributed by atoms with Crippen LogP contribution in [-0.2, 0) is 0 Å². The molecule has 3 nitrogen and oxygen atoms in total. The van der Waals surface area contributed by atoms with Gasteiger partial charge in [-0.3, -0.25) is 4.98 Å². The second-order valence-corrected chi connectivity index (χ2v) is 5.92. The highest BCUT2D eigenvalue weighted by Gasteiger charge is 2.27. The molecule has 1 saturated heterocycles. The maximum Gasteiger partial charge on any atom is 0.0727 e. The normalized spacial score (nSPS) is 23.2. The Bertz CT molecular complexity index is 611. The number of nitrogens with zero attached hydrogens (tertiary/aromatic N) is 2. The van der Waals surface area contributed by atoms with Crippen LogP contribution in [0.15, 0.2) is 24.3 Å². The van der Waals surface area contributed by atoms with E-state index < -0.39 is 0 Å². The molecular formula is C16H21N3. The number of pyridine rings is 1. The van der Waals surface area contributed by atoms with Gasteiger partial charge in [-0.25, -0.2) is 0 Å². The van der Waals surface area contributed by atoms with Gasteiger partial charge in [0, 0.05) is 35.5 Å². The quantitative estimate of drug-likeness (QED) is 0.796. The van der Waals surface area contributed by atoms with E-state index in [1.54, 1.807) is 0 Å². The number of nitrogen functional groups attached to an aromatic ring is 1. The summed E-state index contributed by atoms with van der Waals surface area (Å²) >= 11 is 0. The van der Waals surface area contributed by atoms with Crippen molar-refractivity contribution in [3.05, 3.63) is 30.0 Å². The first-order valence-corrected chi connectivity index (χ1v) is 6.96. The van der Waals surface area contributed by atoms with E-state index in [4.69, 9.17) is 5.73 Å². The fourth-order valence-electron chi connectivity index (χ4n) is 2.94. The number of hydrogen-bond donors (Lipinski definition) is 1. The molecule has 0 saturated carbocycles. The molecule has 1 aromatic heterocycles. The molecule has 2 N–H and O–H groups in total. The molecule has 1 aliphatic heterocycles. The molecule has 0 bridgehead atoms. The topological polar surface area (TPSA) is 42.1 Å². The lowest BCUT2D eigenvalue weighted by atomic mass is 10.0. The first-order chi connectivity index (χ1) is 9.04. The molecule has 2 unspecified atom stereocenters. The molecule has 100 valence electrons. The van der Waals surface area contributed by atoms with Crippen molar-refractivity contribution in [3.8, 4) is 0 Å². The smallest absolute Gasteiger partial charge is 0.0727 e. The van der Waals surface area contributed by atoms with Gasteiger partial charge in [0.15, 0.2) is 0 Å². The lowest BCUT2D eigenvalue weighted by molar-refractivity contribution is 0.494. The summed E-state index contributed by atoms with van der Waals surface area (Å²) in [5.41, 5.74) is 10.1. The molecular weight excluding hydrogens is 234 g/mol. The van der Waals surface area contributed by atoms with E-state index in [0.717, 1.165) is 41.8 Å². The summed E-state index contributed by atoms with van der Waals surface area (Å²) in [6.07, 6.45) is 0. The van der Waals surface area contributed by atoms with Gasteiger partial charge in [0.2, 0.25) is 0 Å². The van der Waals surface area contributed by atoms with Crippen molar-refractivity contribution >= 4 is 22.3 Å². The fourth-order valence-corrected chi connectivity index (χ4v) is 2.94. The molecule has 2 heterocycles. The van der Waals surface area contributed by atoms with Gasteiger partial charge in [-0.1, -0.05) is 13.8 Å². The summed E-state index contributed by atoms with van der Waals surface area (Å²) in [6.45, 7) is 8.95. The fraction of sp³-hybridized carbons (Fsp3) is 0.438. The van der Waals surface area contributed by atoms with Gasteiger partial charge < -0.3 is 10.6 Å². The number of rotatable bonds is 1. The maximum atomic E-state index is 5.94. The zero-order chi connectivity index (χ0) is 13.6. The Morgan fingerprint density at radius 3 is 2.53 bits per heavy atom. The summed E-state index contributed by atoms with van der Waals surface area (Å²) in [5, 5.41) is 1.17. The van der Waals surface area contributed by atoms with Crippen LogP contribution in [0.4, 0.5) is 11.4 Å². The predicted octanol–water partition coefficient (Wildman–Crippen LogP) is 3.22. The van der Waals surface area contributed by atoms with Crippen LogP contribution in [0, 0.1) is 18.8 Å². The standard InChI is InChI=1S/C16H21N3/c1-10-8-19(9-11(10)2)16-6-12(3)18-15-5-4-13(17)7-14(15)16/h4-7,10-11H,8-9,17H2,1-3H3. The Morgan fingerprint density at radius 2 is 1.84 bits per heavy atom. The van der Waals surface area contributed by atoms with E-state index >= 15 is 0 Å². The van der Waals surface area contributed by atoms with Crippen molar-refractivity contribution in [2.45, 2.75) is 20.8 Å². The maximum absolute atomic E-state index is 5.94. The van der Waals surface area contributed by atoms with Gasteiger partial charge in [0.25, 0.3) is 0 Å². The first kappa shape index (κ1) is 12.3. The number of aryl methyl sites for hydroxylation is 1. The summed E-state index contributed by atoms with van der Waals surface area (Å²) in [5.74, 6) is 1.48. The molecule has 3 heteroatoms. The molecule has 2 atom stereocenters. The first-order valence-electron chi connectivity index (χ1n) is 6.96. The molecule has 1 aromatic carbocycles. The number of hydrogen-bond acceptors (Lipinski definition) is 3. The minimum Gasteiger partial charge on any atom is -0.399 e. The lowest BCUT2D eigenvalue weighted by Crippen LogP contribution is -2.20. The zero-order valence-electron chi connectivity index (χ0n) is 11.9. The number of anilines is 2. The highest BCUT2D eigenvalue weighted by atomic mass is 15.2. The second kappa shape index (κ2) is 4.41. The lowest BCUT2D eigenvalue weighted by Gasteiger charge is -2.21. The van der Waals surface area contributed by atoms with E-state index in [2.05, 4.69) is 36.7 Å². The Morgan fingerprint density at radius 1 is 1.16 bits per heavy atom. The van der Waals surface area contributed by atoms with Crippen LogP contribution >= 0.6 is 0 Å². The Labute approximate surface area is 114 Å². The molecule has 1 aliphatic rings. The Balaban J connectivity index is 2.14. The number of benzene rings is 1. The van der Waals surface area contributed by atoms with Crippen LogP contribution in [0.5, 0.6) is 0 Å². The number of fused-ring (bicyclic) bond motifs is 1. The molecule has 0 spiro atoms. The number of nitrogens with two attached hydrogens (primary N) is 1. The third-order valence-electron chi connectivity index (χ3n) is 4.27. The largest absolute Gasteiger partial charge is 0.399 e. The molecule has 0 aliphatic carbocycles. The average molecular weight is 255 g/mol. The summed E-state index contributed by atoms with van der Waals surface area (Å²) in [6, 6.07) is 8.18. The monoisotopic (exact) mass is 255 g/mol. The van der Waals surface area contributed by atoms with Crippen molar-refractivity contribution in [2.24, 2.45) is 11.8 Å². The van der Waals surface area contributed by atoms with Crippen molar-refractivity contribution in [1.29, 1.82) is 0 Å². The third kappa shape index (κ3) is 2.14. The summed E-state index contributed by atoms with van der Waals surface area (Å²) < 4.78 is 0. The van der Waals surface area contributed by atoms with E-state index in [1.165, 1.54) is 11.1 Å². The van der Waals surface area contributed by atoms with Gasteiger partial charge in [-0.15, -0.1) is 0 Å². The van der Waals surface area contributed by atoms with Crippen LogP contribution in [0.1, 0.15) is 19.5 Å². The van der Waals surface area contributed by atoms with E-state index in [9.17, 15) is 0 Å². The molecule has 19 heavy (non-hydrogen) atoms.